The first-order valence-electron chi connectivity index (χ1n) is 10.9. The first-order valence-corrected chi connectivity index (χ1v) is 10.9. The van der Waals surface area contributed by atoms with Crippen molar-refractivity contribution in [1.29, 1.82) is 0 Å². The molecule has 1 N–H and O–H groups in total. The Balaban J connectivity index is 1.64. The monoisotopic (exact) mass is 439 g/mol. The van der Waals surface area contributed by atoms with Crippen molar-refractivity contribution in [3.05, 3.63) is 118 Å². The van der Waals surface area contributed by atoms with Crippen LogP contribution in [-0.2, 0) is 13.1 Å². The van der Waals surface area contributed by atoms with Gasteiger partial charge in [-0.05, 0) is 40.8 Å². The average molecular weight is 440 g/mol. The molecule has 4 aromatic rings. The van der Waals surface area contributed by atoms with E-state index in [-0.39, 0.29) is 11.3 Å². The molecule has 166 valence electrons. The van der Waals surface area contributed by atoms with E-state index in [2.05, 4.69) is 5.10 Å². The minimum atomic E-state index is -0.959. The van der Waals surface area contributed by atoms with Crippen molar-refractivity contribution in [3.63, 3.8) is 0 Å². The lowest BCUT2D eigenvalue weighted by atomic mass is 9.99. The van der Waals surface area contributed by atoms with Crippen molar-refractivity contribution in [1.82, 2.24) is 14.3 Å². The summed E-state index contributed by atoms with van der Waals surface area (Å²) in [6, 6.07) is 24.3. The molecule has 0 saturated carbocycles. The van der Waals surface area contributed by atoms with Crippen LogP contribution < -0.4 is 5.69 Å². The summed E-state index contributed by atoms with van der Waals surface area (Å²) in [5.74, 6) is -0.350. The smallest absolute Gasteiger partial charge is 0.346 e. The van der Waals surface area contributed by atoms with Gasteiger partial charge in [0, 0.05) is 0 Å². The number of allylic oxidation sites excluding steroid dienone is 1. The minimum Gasteiger partial charge on any atom is -0.478 e. The van der Waals surface area contributed by atoms with Gasteiger partial charge in [0.25, 0.3) is 0 Å². The summed E-state index contributed by atoms with van der Waals surface area (Å²) < 4.78 is 3.15. The van der Waals surface area contributed by atoms with Crippen molar-refractivity contribution in [2.45, 2.75) is 26.4 Å². The number of carboxylic acids is 1. The zero-order valence-electron chi connectivity index (χ0n) is 18.4. The van der Waals surface area contributed by atoms with E-state index in [1.807, 2.05) is 79.7 Å². The zero-order chi connectivity index (χ0) is 23.2. The summed E-state index contributed by atoms with van der Waals surface area (Å²) in [6.45, 7) is 2.82. The van der Waals surface area contributed by atoms with Gasteiger partial charge in [-0.3, -0.25) is 4.57 Å². The fourth-order valence-corrected chi connectivity index (χ4v) is 3.71. The second-order valence-corrected chi connectivity index (χ2v) is 7.73. The Kier molecular flexibility index (Phi) is 6.64. The van der Waals surface area contributed by atoms with Crippen LogP contribution in [0.15, 0.2) is 89.7 Å². The van der Waals surface area contributed by atoms with Gasteiger partial charge in [0.15, 0.2) is 5.82 Å². The van der Waals surface area contributed by atoms with Crippen molar-refractivity contribution < 1.29 is 9.90 Å². The van der Waals surface area contributed by atoms with Gasteiger partial charge in [0.2, 0.25) is 0 Å². The van der Waals surface area contributed by atoms with Crippen LogP contribution in [0.2, 0.25) is 0 Å². The fourth-order valence-electron chi connectivity index (χ4n) is 3.71. The summed E-state index contributed by atoms with van der Waals surface area (Å²) >= 11 is 0. The molecule has 1 aromatic heterocycles. The molecule has 0 bridgehead atoms. The lowest BCUT2D eigenvalue weighted by Crippen LogP contribution is -2.26. The van der Waals surface area contributed by atoms with Crippen LogP contribution in [0.4, 0.5) is 0 Å². The molecule has 0 radical (unpaired) electrons. The van der Waals surface area contributed by atoms with E-state index >= 15 is 0 Å². The topological polar surface area (TPSA) is 77.1 Å². The highest BCUT2D eigenvalue weighted by atomic mass is 16.4. The molecule has 0 atom stereocenters. The Morgan fingerprint density at radius 3 is 2.27 bits per heavy atom. The van der Waals surface area contributed by atoms with E-state index in [9.17, 15) is 14.7 Å². The van der Waals surface area contributed by atoms with Crippen molar-refractivity contribution in [3.8, 4) is 11.1 Å². The standard InChI is InChI=1S/C27H25N3O3/c1-2-3-13-25-28-30(19-20-9-5-4-6-10-20)27(33)29(25)18-21-14-16-22(17-15-21)23-11-7-8-12-24(23)26(31)32/h3-17H,2,18-19H2,1H3,(H,31,32). The third-order valence-electron chi connectivity index (χ3n) is 5.39. The van der Waals surface area contributed by atoms with Gasteiger partial charge in [0.05, 0.1) is 18.7 Å². The van der Waals surface area contributed by atoms with Crippen LogP contribution in [0, 0.1) is 0 Å². The maximum Gasteiger partial charge on any atom is 0.346 e. The molecule has 1 heterocycles. The Labute approximate surface area is 192 Å². The number of hydrogen-bond donors (Lipinski definition) is 1. The summed E-state index contributed by atoms with van der Waals surface area (Å²) in [4.78, 5) is 24.7. The first-order chi connectivity index (χ1) is 16.1. The Morgan fingerprint density at radius 1 is 0.909 bits per heavy atom. The predicted octanol–water partition coefficient (Wildman–Crippen LogP) is 4.93. The van der Waals surface area contributed by atoms with Crippen LogP contribution in [-0.4, -0.2) is 25.4 Å². The number of nitrogens with zero attached hydrogens (tertiary/aromatic N) is 3. The summed E-state index contributed by atoms with van der Waals surface area (Å²) in [6.07, 6.45) is 4.70. The van der Waals surface area contributed by atoms with Crippen LogP contribution in [0.25, 0.3) is 17.2 Å². The van der Waals surface area contributed by atoms with Crippen LogP contribution in [0.3, 0.4) is 0 Å². The predicted molar refractivity (Wildman–Crippen MR) is 129 cm³/mol. The molecule has 6 heteroatoms. The number of benzene rings is 3. The molecular weight excluding hydrogens is 414 g/mol. The molecule has 0 spiro atoms. The Hall–Kier alpha value is -4.19. The molecule has 0 aliphatic rings. The number of rotatable bonds is 8. The molecule has 0 amide bonds. The van der Waals surface area contributed by atoms with Gasteiger partial charge >= 0.3 is 11.7 Å². The zero-order valence-corrected chi connectivity index (χ0v) is 18.4. The summed E-state index contributed by atoms with van der Waals surface area (Å²) in [5, 5.41) is 14.0. The lowest BCUT2D eigenvalue weighted by Gasteiger charge is -2.08. The molecule has 0 aliphatic carbocycles. The fraction of sp³-hybridized carbons (Fsp3) is 0.148. The highest BCUT2D eigenvalue weighted by molar-refractivity contribution is 5.95. The molecule has 0 fully saturated rings. The van der Waals surface area contributed by atoms with E-state index in [1.54, 1.807) is 22.8 Å². The molecular formula is C27H25N3O3. The number of hydrogen-bond acceptors (Lipinski definition) is 3. The maximum absolute atomic E-state index is 13.1. The molecule has 3 aromatic carbocycles. The summed E-state index contributed by atoms with van der Waals surface area (Å²) in [7, 11) is 0. The SMILES string of the molecule is CCC=Cc1nn(Cc2ccccc2)c(=O)n1Cc1ccc(-c2ccccc2C(=O)O)cc1. The average Bonchev–Trinajstić information content (AvgIpc) is 3.13. The normalized spacial score (nSPS) is 11.2. The molecule has 6 nitrogen and oxygen atoms in total. The van der Waals surface area contributed by atoms with E-state index < -0.39 is 5.97 Å². The van der Waals surface area contributed by atoms with Crippen molar-refractivity contribution in [2.75, 3.05) is 0 Å². The van der Waals surface area contributed by atoms with Crippen LogP contribution >= 0.6 is 0 Å². The van der Waals surface area contributed by atoms with Gasteiger partial charge in [-0.25, -0.2) is 14.3 Å². The maximum atomic E-state index is 13.1. The molecule has 33 heavy (non-hydrogen) atoms. The van der Waals surface area contributed by atoms with Gasteiger partial charge in [-0.15, -0.1) is 5.10 Å². The third kappa shape index (κ3) is 5.01. The van der Waals surface area contributed by atoms with Gasteiger partial charge in [-0.2, -0.15) is 0 Å². The van der Waals surface area contributed by atoms with E-state index in [0.717, 1.165) is 23.1 Å². The van der Waals surface area contributed by atoms with E-state index in [1.165, 1.54) is 4.68 Å². The number of aromatic carboxylic acids is 1. The Morgan fingerprint density at radius 2 is 1.58 bits per heavy atom. The van der Waals surface area contributed by atoms with Crippen molar-refractivity contribution >= 4 is 12.0 Å². The van der Waals surface area contributed by atoms with Gasteiger partial charge < -0.3 is 5.11 Å². The lowest BCUT2D eigenvalue weighted by molar-refractivity contribution is 0.0697. The van der Waals surface area contributed by atoms with Gasteiger partial charge in [-0.1, -0.05) is 85.8 Å². The van der Waals surface area contributed by atoms with Gasteiger partial charge in [0.1, 0.15) is 0 Å². The molecule has 4 rings (SSSR count). The van der Waals surface area contributed by atoms with E-state index in [4.69, 9.17) is 0 Å². The second-order valence-electron chi connectivity index (χ2n) is 7.73. The number of carbonyl (C=O) groups is 1. The largest absolute Gasteiger partial charge is 0.478 e. The second kappa shape index (κ2) is 9.96. The van der Waals surface area contributed by atoms with Crippen LogP contribution in [0.5, 0.6) is 0 Å². The highest BCUT2D eigenvalue weighted by Crippen LogP contribution is 2.24. The first kappa shape index (κ1) is 22.0. The highest BCUT2D eigenvalue weighted by Gasteiger charge is 2.14. The Bertz CT molecular complexity index is 1330. The quantitative estimate of drug-likeness (QED) is 0.422. The molecule has 0 aliphatic heterocycles. The third-order valence-corrected chi connectivity index (χ3v) is 5.39. The minimum absolute atomic E-state index is 0.171. The van der Waals surface area contributed by atoms with E-state index in [0.29, 0.717) is 24.5 Å². The number of aromatic nitrogens is 3. The summed E-state index contributed by atoms with van der Waals surface area (Å²) in [5.41, 5.74) is 3.51. The van der Waals surface area contributed by atoms with Crippen LogP contribution in [0.1, 0.15) is 40.7 Å². The molecule has 0 unspecified atom stereocenters. The van der Waals surface area contributed by atoms with Crippen molar-refractivity contribution in [2.24, 2.45) is 0 Å². The number of carboxylic acid groups (broad SMARTS) is 1. The molecule has 0 saturated heterocycles.